The summed E-state index contributed by atoms with van der Waals surface area (Å²) < 4.78 is 11.0. The van der Waals surface area contributed by atoms with Crippen LogP contribution in [0.1, 0.15) is 13.3 Å². The highest BCUT2D eigenvalue weighted by Gasteiger charge is 2.10. The molecular weight excluding hydrogens is 242 g/mol. The average Bonchev–Trinajstić information content (AvgIpc) is 2.47. The summed E-state index contributed by atoms with van der Waals surface area (Å²) in [7, 11) is 0. The second kappa shape index (κ2) is 7.96. The van der Waals surface area contributed by atoms with Crippen molar-refractivity contribution in [3.05, 3.63) is 18.3 Å². The molecule has 0 unspecified atom stereocenters. The fourth-order valence-electron chi connectivity index (χ4n) is 2.01. The molecule has 106 valence electrons. The van der Waals surface area contributed by atoms with Gasteiger partial charge >= 0.3 is 0 Å². The highest BCUT2D eigenvalue weighted by molar-refractivity contribution is 5.49. The van der Waals surface area contributed by atoms with Crippen molar-refractivity contribution >= 4 is 5.82 Å². The molecule has 2 heterocycles. The first kappa shape index (κ1) is 14.1. The third-order valence-electron chi connectivity index (χ3n) is 3.06. The minimum Gasteiger partial charge on any atom is -0.490 e. The van der Waals surface area contributed by atoms with Crippen LogP contribution >= 0.6 is 0 Å². The Morgan fingerprint density at radius 3 is 3.05 bits per heavy atom. The van der Waals surface area contributed by atoms with Crippen LogP contribution in [0.15, 0.2) is 18.3 Å². The monoisotopic (exact) mass is 265 g/mol. The van der Waals surface area contributed by atoms with Crippen LogP contribution in [0.5, 0.6) is 5.75 Å². The quantitative estimate of drug-likeness (QED) is 0.811. The van der Waals surface area contributed by atoms with E-state index in [1.165, 1.54) is 0 Å². The minimum absolute atomic E-state index is 0.726. The molecule has 1 aromatic heterocycles. The van der Waals surface area contributed by atoms with E-state index in [4.69, 9.17) is 9.47 Å². The Morgan fingerprint density at radius 1 is 1.42 bits per heavy atom. The fraction of sp³-hybridized carbons (Fsp3) is 0.643. The van der Waals surface area contributed by atoms with Crippen LogP contribution in [-0.4, -0.2) is 55.9 Å². The third-order valence-corrected chi connectivity index (χ3v) is 3.06. The van der Waals surface area contributed by atoms with Gasteiger partial charge in [0.15, 0.2) is 11.6 Å². The molecule has 1 fully saturated rings. The van der Waals surface area contributed by atoms with Gasteiger partial charge in [0.2, 0.25) is 0 Å². The first-order valence-corrected chi connectivity index (χ1v) is 7.02. The molecule has 1 aliphatic heterocycles. The van der Waals surface area contributed by atoms with E-state index in [9.17, 15) is 0 Å². The van der Waals surface area contributed by atoms with Gasteiger partial charge in [-0.3, -0.25) is 4.90 Å². The number of hydrogen-bond donors (Lipinski definition) is 1. The highest BCUT2D eigenvalue weighted by atomic mass is 16.5. The summed E-state index contributed by atoms with van der Waals surface area (Å²) in [5.74, 6) is 1.68. The highest BCUT2D eigenvalue weighted by Crippen LogP contribution is 2.20. The van der Waals surface area contributed by atoms with E-state index in [1.807, 2.05) is 12.1 Å². The zero-order chi connectivity index (χ0) is 13.3. The van der Waals surface area contributed by atoms with Crippen molar-refractivity contribution in [1.82, 2.24) is 9.88 Å². The molecule has 0 saturated carbocycles. The van der Waals surface area contributed by atoms with Gasteiger partial charge in [-0.25, -0.2) is 4.98 Å². The van der Waals surface area contributed by atoms with E-state index in [-0.39, 0.29) is 0 Å². The third kappa shape index (κ3) is 4.69. The number of ether oxygens (including phenoxy) is 2. The zero-order valence-corrected chi connectivity index (χ0v) is 11.6. The molecule has 1 aliphatic rings. The van der Waals surface area contributed by atoms with E-state index in [1.54, 1.807) is 6.20 Å². The number of nitrogens with zero attached hydrogens (tertiary/aromatic N) is 2. The lowest BCUT2D eigenvalue weighted by molar-refractivity contribution is 0.0398. The second-order valence-electron chi connectivity index (χ2n) is 4.58. The average molecular weight is 265 g/mol. The maximum atomic E-state index is 5.67. The van der Waals surface area contributed by atoms with Gasteiger partial charge in [0.1, 0.15) is 0 Å². The molecule has 0 aliphatic carbocycles. The molecular formula is C14H23N3O2. The van der Waals surface area contributed by atoms with Crippen molar-refractivity contribution in [2.24, 2.45) is 0 Å². The number of morpholine rings is 1. The van der Waals surface area contributed by atoms with Crippen molar-refractivity contribution in [2.45, 2.75) is 13.3 Å². The maximum Gasteiger partial charge on any atom is 0.168 e. The smallest absolute Gasteiger partial charge is 0.168 e. The number of pyridine rings is 1. The van der Waals surface area contributed by atoms with Crippen molar-refractivity contribution in [2.75, 3.05) is 51.3 Å². The van der Waals surface area contributed by atoms with Crippen LogP contribution in [0, 0.1) is 0 Å². The maximum absolute atomic E-state index is 5.67. The van der Waals surface area contributed by atoms with Crippen LogP contribution < -0.4 is 10.1 Å². The Bertz CT molecular complexity index is 367. The summed E-state index contributed by atoms with van der Waals surface area (Å²) in [4.78, 5) is 6.73. The number of aromatic nitrogens is 1. The van der Waals surface area contributed by atoms with E-state index >= 15 is 0 Å². The van der Waals surface area contributed by atoms with E-state index in [0.29, 0.717) is 0 Å². The van der Waals surface area contributed by atoms with Crippen molar-refractivity contribution in [3.8, 4) is 5.75 Å². The molecule has 19 heavy (non-hydrogen) atoms. The first-order chi connectivity index (χ1) is 9.40. The molecule has 0 bridgehead atoms. The van der Waals surface area contributed by atoms with Gasteiger partial charge in [0.25, 0.3) is 0 Å². The Kier molecular flexibility index (Phi) is 5.91. The Morgan fingerprint density at radius 2 is 2.26 bits per heavy atom. The van der Waals surface area contributed by atoms with Crippen molar-refractivity contribution in [3.63, 3.8) is 0 Å². The molecule has 2 rings (SSSR count). The number of nitrogens with one attached hydrogen (secondary N) is 1. The van der Waals surface area contributed by atoms with Crippen LogP contribution in [0.2, 0.25) is 0 Å². The Labute approximate surface area is 114 Å². The molecule has 0 radical (unpaired) electrons. The summed E-state index contributed by atoms with van der Waals surface area (Å²) in [6, 6.07) is 3.86. The number of anilines is 1. The molecule has 1 N–H and O–H groups in total. The van der Waals surface area contributed by atoms with Crippen LogP contribution in [-0.2, 0) is 4.74 Å². The van der Waals surface area contributed by atoms with Gasteiger partial charge in [0, 0.05) is 32.4 Å². The second-order valence-corrected chi connectivity index (χ2v) is 4.58. The Hall–Kier alpha value is -1.33. The molecule has 0 spiro atoms. The van der Waals surface area contributed by atoms with Gasteiger partial charge in [-0.15, -0.1) is 0 Å². The number of hydrogen-bond acceptors (Lipinski definition) is 5. The molecule has 1 aromatic rings. The summed E-state index contributed by atoms with van der Waals surface area (Å²) >= 11 is 0. The van der Waals surface area contributed by atoms with Gasteiger partial charge in [0.05, 0.1) is 19.8 Å². The van der Waals surface area contributed by atoms with Crippen LogP contribution in [0.25, 0.3) is 0 Å². The lowest BCUT2D eigenvalue weighted by Crippen LogP contribution is -2.39. The fourth-order valence-corrected chi connectivity index (χ4v) is 2.01. The van der Waals surface area contributed by atoms with E-state index < -0.39 is 0 Å². The summed E-state index contributed by atoms with van der Waals surface area (Å²) in [6.07, 6.45) is 2.79. The van der Waals surface area contributed by atoms with E-state index in [2.05, 4.69) is 22.1 Å². The van der Waals surface area contributed by atoms with E-state index in [0.717, 1.165) is 64.0 Å². The van der Waals surface area contributed by atoms with Gasteiger partial charge < -0.3 is 14.8 Å². The number of rotatable bonds is 7. The topological polar surface area (TPSA) is 46.6 Å². The van der Waals surface area contributed by atoms with Crippen LogP contribution in [0.4, 0.5) is 5.82 Å². The summed E-state index contributed by atoms with van der Waals surface area (Å²) in [5, 5.41) is 3.35. The lowest BCUT2D eigenvalue weighted by Gasteiger charge is -2.26. The molecule has 0 amide bonds. The predicted molar refractivity (Wildman–Crippen MR) is 75.8 cm³/mol. The van der Waals surface area contributed by atoms with Crippen molar-refractivity contribution < 1.29 is 9.47 Å². The largest absolute Gasteiger partial charge is 0.490 e. The summed E-state index contributed by atoms with van der Waals surface area (Å²) in [5.41, 5.74) is 0. The molecule has 5 heteroatoms. The normalized spacial score (nSPS) is 16.3. The minimum atomic E-state index is 0.726. The molecule has 5 nitrogen and oxygen atoms in total. The SMILES string of the molecule is CCCOc1cccnc1NCCN1CCOCC1. The Balaban J connectivity index is 1.77. The standard InChI is InChI=1S/C14H23N3O2/c1-2-10-19-13-4-3-5-15-14(13)16-6-7-17-8-11-18-12-9-17/h3-5H,2,6-12H2,1H3,(H,15,16). The molecule has 0 atom stereocenters. The predicted octanol–water partition coefficient (Wildman–Crippen LogP) is 1.61. The summed E-state index contributed by atoms with van der Waals surface area (Å²) in [6.45, 7) is 8.42. The van der Waals surface area contributed by atoms with Gasteiger partial charge in [-0.1, -0.05) is 6.92 Å². The van der Waals surface area contributed by atoms with Gasteiger partial charge in [-0.2, -0.15) is 0 Å². The van der Waals surface area contributed by atoms with Crippen molar-refractivity contribution in [1.29, 1.82) is 0 Å². The van der Waals surface area contributed by atoms with Crippen LogP contribution in [0.3, 0.4) is 0 Å². The molecule has 0 aromatic carbocycles. The zero-order valence-electron chi connectivity index (χ0n) is 11.6. The van der Waals surface area contributed by atoms with Gasteiger partial charge in [-0.05, 0) is 18.6 Å². The first-order valence-electron chi connectivity index (χ1n) is 7.02. The lowest BCUT2D eigenvalue weighted by atomic mass is 10.4. The molecule has 1 saturated heterocycles.